The molecule has 1 atom stereocenters. The van der Waals surface area contributed by atoms with E-state index in [1.54, 1.807) is 6.20 Å². The first-order chi connectivity index (χ1) is 10.2. The third kappa shape index (κ3) is 4.97. The van der Waals surface area contributed by atoms with Crippen molar-refractivity contribution in [2.24, 2.45) is 0 Å². The molecule has 0 aliphatic carbocycles. The number of hydrogen-bond acceptors (Lipinski definition) is 2. The van der Waals surface area contributed by atoms with Gasteiger partial charge in [0, 0.05) is 22.8 Å². The van der Waals surface area contributed by atoms with Crippen molar-refractivity contribution < 1.29 is 4.79 Å². The predicted octanol–water partition coefficient (Wildman–Crippen LogP) is 4.04. The highest BCUT2D eigenvalue weighted by atomic mass is 79.9. The van der Waals surface area contributed by atoms with E-state index >= 15 is 0 Å². The Morgan fingerprint density at radius 3 is 2.62 bits per heavy atom. The summed E-state index contributed by atoms with van der Waals surface area (Å²) in [4.78, 5) is 16.3. The molecule has 0 aliphatic heterocycles. The van der Waals surface area contributed by atoms with Crippen LogP contribution in [0.25, 0.3) is 0 Å². The molecule has 4 heteroatoms. The van der Waals surface area contributed by atoms with Gasteiger partial charge in [-0.3, -0.25) is 9.78 Å². The van der Waals surface area contributed by atoms with Gasteiger partial charge in [0.2, 0.25) is 5.91 Å². The monoisotopic (exact) mass is 346 g/mol. The van der Waals surface area contributed by atoms with Gasteiger partial charge in [-0.05, 0) is 42.7 Å². The number of pyridine rings is 1. The minimum Gasteiger partial charge on any atom is -0.349 e. The fourth-order valence-electron chi connectivity index (χ4n) is 2.17. The molecule has 1 N–H and O–H groups in total. The average Bonchev–Trinajstić information content (AvgIpc) is 2.52. The third-order valence-electron chi connectivity index (χ3n) is 3.35. The molecule has 1 aromatic carbocycles. The van der Waals surface area contributed by atoms with Crippen molar-refractivity contribution in [1.82, 2.24) is 10.3 Å². The zero-order valence-corrected chi connectivity index (χ0v) is 13.6. The lowest BCUT2D eigenvalue weighted by atomic mass is 10.0. The molecule has 0 unspecified atom stereocenters. The summed E-state index contributed by atoms with van der Waals surface area (Å²) in [6, 6.07) is 13.9. The Balaban J connectivity index is 1.89. The van der Waals surface area contributed by atoms with E-state index in [1.807, 2.05) is 42.5 Å². The number of aryl methyl sites for hydroxylation is 1. The van der Waals surface area contributed by atoms with Crippen LogP contribution >= 0.6 is 15.9 Å². The molecule has 0 bridgehead atoms. The zero-order chi connectivity index (χ0) is 15.1. The van der Waals surface area contributed by atoms with Gasteiger partial charge in [-0.1, -0.05) is 41.1 Å². The Morgan fingerprint density at radius 1 is 1.24 bits per heavy atom. The van der Waals surface area contributed by atoms with Crippen molar-refractivity contribution in [2.75, 3.05) is 0 Å². The summed E-state index contributed by atoms with van der Waals surface area (Å²) in [7, 11) is 0. The normalized spacial score (nSPS) is 11.9. The molecule has 0 aliphatic rings. The second-order valence-corrected chi connectivity index (χ2v) is 5.82. The van der Waals surface area contributed by atoms with Crippen LogP contribution in [0.4, 0.5) is 0 Å². The summed E-state index contributed by atoms with van der Waals surface area (Å²) < 4.78 is 1.04. The van der Waals surface area contributed by atoms with E-state index < -0.39 is 0 Å². The number of carbonyl (C=O) groups excluding carboxylic acids is 1. The van der Waals surface area contributed by atoms with E-state index in [2.05, 4.69) is 33.2 Å². The number of aromatic nitrogens is 1. The van der Waals surface area contributed by atoms with E-state index in [0.717, 1.165) is 22.2 Å². The van der Waals surface area contributed by atoms with Crippen LogP contribution < -0.4 is 5.32 Å². The molecule has 0 saturated carbocycles. The Hall–Kier alpha value is -1.68. The van der Waals surface area contributed by atoms with Gasteiger partial charge < -0.3 is 5.32 Å². The van der Waals surface area contributed by atoms with Gasteiger partial charge in [0.25, 0.3) is 0 Å². The topological polar surface area (TPSA) is 42.0 Å². The molecule has 2 rings (SSSR count). The number of rotatable bonds is 6. The lowest BCUT2D eigenvalue weighted by Gasteiger charge is -2.17. The van der Waals surface area contributed by atoms with Crippen LogP contribution in [0.1, 0.15) is 37.1 Å². The van der Waals surface area contributed by atoms with Crippen LogP contribution in [0.15, 0.2) is 53.1 Å². The molecule has 1 aromatic heterocycles. The largest absolute Gasteiger partial charge is 0.349 e. The van der Waals surface area contributed by atoms with Crippen molar-refractivity contribution in [2.45, 2.75) is 32.2 Å². The summed E-state index contributed by atoms with van der Waals surface area (Å²) in [5.74, 6) is 0.0652. The molecule has 0 spiro atoms. The molecule has 21 heavy (non-hydrogen) atoms. The maximum absolute atomic E-state index is 12.1. The van der Waals surface area contributed by atoms with E-state index in [1.165, 1.54) is 0 Å². The summed E-state index contributed by atoms with van der Waals surface area (Å²) in [5.41, 5.74) is 2.08. The molecular weight excluding hydrogens is 328 g/mol. The molecule has 0 fully saturated rings. The predicted molar refractivity (Wildman–Crippen MR) is 87.9 cm³/mol. The Kier molecular flexibility index (Phi) is 5.93. The lowest BCUT2D eigenvalue weighted by molar-refractivity contribution is -0.121. The third-order valence-corrected chi connectivity index (χ3v) is 3.88. The maximum Gasteiger partial charge on any atom is 0.220 e. The van der Waals surface area contributed by atoms with Gasteiger partial charge in [-0.15, -0.1) is 0 Å². The number of amides is 1. The minimum atomic E-state index is 0.0642. The van der Waals surface area contributed by atoms with Crippen LogP contribution in [-0.4, -0.2) is 10.9 Å². The highest BCUT2D eigenvalue weighted by Crippen LogP contribution is 2.19. The van der Waals surface area contributed by atoms with E-state index in [9.17, 15) is 4.79 Å². The van der Waals surface area contributed by atoms with Crippen LogP contribution in [0.2, 0.25) is 0 Å². The molecule has 110 valence electrons. The highest BCUT2D eigenvalue weighted by molar-refractivity contribution is 9.10. The van der Waals surface area contributed by atoms with Crippen molar-refractivity contribution in [3.63, 3.8) is 0 Å². The molecule has 3 nitrogen and oxygen atoms in total. The Morgan fingerprint density at radius 2 is 2.00 bits per heavy atom. The minimum absolute atomic E-state index is 0.0642. The summed E-state index contributed by atoms with van der Waals surface area (Å²) >= 11 is 3.42. The van der Waals surface area contributed by atoms with Gasteiger partial charge in [0.15, 0.2) is 0 Å². The molecule has 0 saturated heterocycles. The number of carbonyl (C=O) groups is 1. The van der Waals surface area contributed by atoms with Gasteiger partial charge >= 0.3 is 0 Å². The molecule has 2 aromatic rings. The van der Waals surface area contributed by atoms with E-state index in [-0.39, 0.29) is 11.9 Å². The van der Waals surface area contributed by atoms with E-state index in [4.69, 9.17) is 0 Å². The lowest BCUT2D eigenvalue weighted by Crippen LogP contribution is -2.28. The second-order valence-electron chi connectivity index (χ2n) is 4.90. The second kappa shape index (κ2) is 7.93. The highest BCUT2D eigenvalue weighted by Gasteiger charge is 2.12. The molecule has 0 radical (unpaired) electrons. The number of nitrogens with zero attached hydrogens (tertiary/aromatic N) is 1. The first-order valence-electron chi connectivity index (χ1n) is 7.13. The smallest absolute Gasteiger partial charge is 0.220 e. The van der Waals surface area contributed by atoms with Crippen LogP contribution in [0.5, 0.6) is 0 Å². The summed E-state index contributed by atoms with van der Waals surface area (Å²) in [6.45, 7) is 2.08. The molecule has 1 heterocycles. The first kappa shape index (κ1) is 15.7. The van der Waals surface area contributed by atoms with Gasteiger partial charge in [0.1, 0.15) is 0 Å². The molecule has 1 amide bonds. The first-order valence-corrected chi connectivity index (χ1v) is 7.93. The van der Waals surface area contributed by atoms with Crippen molar-refractivity contribution in [3.8, 4) is 0 Å². The SMILES string of the molecule is CC[C@@H](NC(=O)CCc1ccccn1)c1ccc(Br)cc1. The zero-order valence-electron chi connectivity index (χ0n) is 12.1. The van der Waals surface area contributed by atoms with Crippen LogP contribution in [-0.2, 0) is 11.2 Å². The number of hydrogen-bond donors (Lipinski definition) is 1. The molecular formula is C17H19BrN2O. The van der Waals surface area contributed by atoms with E-state index in [0.29, 0.717) is 12.8 Å². The van der Waals surface area contributed by atoms with Crippen molar-refractivity contribution >= 4 is 21.8 Å². The Labute approximate surface area is 133 Å². The fourth-order valence-corrected chi connectivity index (χ4v) is 2.43. The quantitative estimate of drug-likeness (QED) is 0.857. The number of benzene rings is 1. The fraction of sp³-hybridized carbons (Fsp3) is 0.294. The number of halogens is 1. The average molecular weight is 347 g/mol. The van der Waals surface area contributed by atoms with Gasteiger partial charge in [-0.25, -0.2) is 0 Å². The van der Waals surface area contributed by atoms with Crippen LogP contribution in [0.3, 0.4) is 0 Å². The van der Waals surface area contributed by atoms with Crippen molar-refractivity contribution in [1.29, 1.82) is 0 Å². The summed E-state index contributed by atoms with van der Waals surface area (Å²) in [5, 5.41) is 3.09. The number of nitrogens with one attached hydrogen (secondary N) is 1. The van der Waals surface area contributed by atoms with Gasteiger partial charge in [-0.2, -0.15) is 0 Å². The summed E-state index contributed by atoms with van der Waals surface area (Å²) in [6.07, 6.45) is 3.76. The Bertz CT molecular complexity index is 569. The maximum atomic E-state index is 12.1. The van der Waals surface area contributed by atoms with Gasteiger partial charge in [0.05, 0.1) is 6.04 Å². The van der Waals surface area contributed by atoms with Crippen molar-refractivity contribution in [3.05, 3.63) is 64.4 Å². The standard InChI is InChI=1S/C17H19BrN2O/c1-2-16(13-6-8-14(18)9-7-13)20-17(21)11-10-15-5-3-4-12-19-15/h3-9,12,16H,2,10-11H2,1H3,(H,20,21)/t16-/m1/s1. The van der Waals surface area contributed by atoms with Crippen LogP contribution in [0, 0.1) is 0 Å².